The smallest absolute Gasteiger partial charge is 0.0942 e. The molecule has 1 nitrogen and oxygen atoms in total. The second-order valence-electron chi connectivity index (χ2n) is 6.29. The molecule has 1 heteroatoms. The van der Waals surface area contributed by atoms with Crippen LogP contribution < -0.4 is 0 Å². The van der Waals surface area contributed by atoms with Gasteiger partial charge in [0, 0.05) is 6.42 Å². The average molecular weight is 266 g/mol. The van der Waals surface area contributed by atoms with Gasteiger partial charge in [0.15, 0.2) is 0 Å². The Hall–Kier alpha value is -1.60. The van der Waals surface area contributed by atoms with Gasteiger partial charge in [0.2, 0.25) is 0 Å². The van der Waals surface area contributed by atoms with E-state index in [9.17, 15) is 5.11 Å². The zero-order valence-corrected chi connectivity index (χ0v) is 12.5. The van der Waals surface area contributed by atoms with Crippen LogP contribution in [0.15, 0.2) is 36.4 Å². The van der Waals surface area contributed by atoms with Crippen molar-refractivity contribution in [3.63, 3.8) is 0 Å². The molecule has 3 rings (SSSR count). The molecule has 0 bridgehead atoms. The van der Waals surface area contributed by atoms with E-state index in [4.69, 9.17) is 0 Å². The topological polar surface area (TPSA) is 20.2 Å². The van der Waals surface area contributed by atoms with Crippen LogP contribution in [0.1, 0.15) is 39.8 Å². The summed E-state index contributed by atoms with van der Waals surface area (Å²) in [7, 11) is 0. The molecule has 0 saturated carbocycles. The van der Waals surface area contributed by atoms with Gasteiger partial charge in [-0.05, 0) is 61.4 Å². The summed E-state index contributed by atoms with van der Waals surface area (Å²) in [5.41, 5.74) is 6.81. The van der Waals surface area contributed by atoms with Crippen molar-refractivity contribution in [1.29, 1.82) is 0 Å². The van der Waals surface area contributed by atoms with Crippen molar-refractivity contribution >= 4 is 0 Å². The first-order valence-electron chi connectivity index (χ1n) is 7.36. The van der Waals surface area contributed by atoms with E-state index in [1.807, 2.05) is 0 Å². The lowest BCUT2D eigenvalue weighted by Crippen LogP contribution is -2.25. The van der Waals surface area contributed by atoms with Crippen LogP contribution in [0.3, 0.4) is 0 Å². The molecule has 1 N–H and O–H groups in total. The maximum Gasteiger partial charge on any atom is 0.0942 e. The van der Waals surface area contributed by atoms with Gasteiger partial charge in [-0.25, -0.2) is 0 Å². The van der Waals surface area contributed by atoms with E-state index < -0.39 is 5.60 Å². The SMILES string of the molecule is Cc1ccc2c(c1)C(O)(Cc1ccc(C)c(C)c1)CC2. The minimum atomic E-state index is -0.691. The van der Waals surface area contributed by atoms with E-state index in [0.29, 0.717) is 6.42 Å². The first-order valence-corrected chi connectivity index (χ1v) is 7.36. The van der Waals surface area contributed by atoms with Gasteiger partial charge in [0.25, 0.3) is 0 Å². The highest BCUT2D eigenvalue weighted by molar-refractivity contribution is 5.42. The Morgan fingerprint density at radius 3 is 2.55 bits per heavy atom. The summed E-state index contributed by atoms with van der Waals surface area (Å²) in [4.78, 5) is 0. The minimum absolute atomic E-state index is 0.691. The van der Waals surface area contributed by atoms with Crippen molar-refractivity contribution in [2.75, 3.05) is 0 Å². The summed E-state index contributed by atoms with van der Waals surface area (Å²) in [6, 6.07) is 13.0. The number of aryl methyl sites for hydroxylation is 4. The molecular formula is C19H22O. The number of hydrogen-bond donors (Lipinski definition) is 1. The molecule has 0 saturated heterocycles. The number of hydrogen-bond acceptors (Lipinski definition) is 1. The summed E-state index contributed by atoms with van der Waals surface area (Å²) < 4.78 is 0. The van der Waals surface area contributed by atoms with Crippen molar-refractivity contribution in [3.8, 4) is 0 Å². The Balaban J connectivity index is 1.95. The van der Waals surface area contributed by atoms with Gasteiger partial charge < -0.3 is 5.11 Å². The maximum atomic E-state index is 11.1. The van der Waals surface area contributed by atoms with Crippen molar-refractivity contribution in [1.82, 2.24) is 0 Å². The van der Waals surface area contributed by atoms with E-state index in [1.165, 1.54) is 27.8 Å². The molecule has 1 unspecified atom stereocenters. The zero-order chi connectivity index (χ0) is 14.3. The highest BCUT2D eigenvalue weighted by Crippen LogP contribution is 2.39. The molecule has 0 fully saturated rings. The summed E-state index contributed by atoms with van der Waals surface area (Å²) in [6.07, 6.45) is 2.53. The van der Waals surface area contributed by atoms with Gasteiger partial charge in [-0.2, -0.15) is 0 Å². The largest absolute Gasteiger partial charge is 0.385 e. The fraction of sp³-hybridized carbons (Fsp3) is 0.368. The van der Waals surface area contributed by atoms with Crippen molar-refractivity contribution < 1.29 is 5.11 Å². The van der Waals surface area contributed by atoms with Gasteiger partial charge >= 0.3 is 0 Å². The highest BCUT2D eigenvalue weighted by atomic mass is 16.3. The molecule has 0 radical (unpaired) electrons. The Morgan fingerprint density at radius 1 is 1.00 bits per heavy atom. The Labute approximate surface area is 121 Å². The standard InChI is InChI=1S/C19H22O/c1-13-4-7-17-8-9-19(20,18(17)10-13)12-16-6-5-14(2)15(3)11-16/h4-7,10-11,20H,8-9,12H2,1-3H3. The summed E-state index contributed by atoms with van der Waals surface area (Å²) in [6.45, 7) is 6.35. The monoisotopic (exact) mass is 266 g/mol. The molecule has 1 aliphatic rings. The van der Waals surface area contributed by atoms with Crippen LogP contribution in [-0.4, -0.2) is 5.11 Å². The number of fused-ring (bicyclic) bond motifs is 1. The Kier molecular flexibility index (Phi) is 3.18. The minimum Gasteiger partial charge on any atom is -0.385 e. The molecule has 1 aliphatic carbocycles. The fourth-order valence-electron chi connectivity index (χ4n) is 3.25. The van der Waals surface area contributed by atoms with E-state index in [0.717, 1.165) is 18.4 Å². The Morgan fingerprint density at radius 2 is 1.80 bits per heavy atom. The van der Waals surface area contributed by atoms with Crippen LogP contribution in [0, 0.1) is 20.8 Å². The quantitative estimate of drug-likeness (QED) is 0.871. The molecule has 0 amide bonds. The van der Waals surface area contributed by atoms with Crippen LogP contribution in [-0.2, 0) is 18.4 Å². The predicted molar refractivity (Wildman–Crippen MR) is 83.0 cm³/mol. The lowest BCUT2D eigenvalue weighted by Gasteiger charge is -2.25. The number of benzene rings is 2. The van der Waals surface area contributed by atoms with Gasteiger partial charge in [0.05, 0.1) is 5.60 Å². The first-order chi connectivity index (χ1) is 9.48. The van der Waals surface area contributed by atoms with E-state index in [2.05, 4.69) is 57.2 Å². The first kappa shape index (κ1) is 13.4. The molecule has 0 aromatic heterocycles. The summed E-state index contributed by atoms with van der Waals surface area (Å²) in [5, 5.41) is 11.1. The molecule has 20 heavy (non-hydrogen) atoms. The third kappa shape index (κ3) is 2.27. The highest BCUT2D eigenvalue weighted by Gasteiger charge is 2.36. The number of rotatable bonds is 2. The second kappa shape index (κ2) is 4.75. The average Bonchev–Trinajstić information content (AvgIpc) is 2.72. The van der Waals surface area contributed by atoms with E-state index >= 15 is 0 Å². The van der Waals surface area contributed by atoms with Crippen LogP contribution >= 0.6 is 0 Å². The Bertz CT molecular complexity index is 657. The third-order valence-corrected chi connectivity index (χ3v) is 4.64. The molecule has 0 aliphatic heterocycles. The van der Waals surface area contributed by atoms with Gasteiger partial charge in [-0.15, -0.1) is 0 Å². The summed E-state index contributed by atoms with van der Waals surface area (Å²) in [5.74, 6) is 0. The number of aliphatic hydroxyl groups is 1. The third-order valence-electron chi connectivity index (χ3n) is 4.64. The van der Waals surface area contributed by atoms with Crippen LogP contribution in [0.4, 0.5) is 0 Å². The van der Waals surface area contributed by atoms with Gasteiger partial charge in [-0.1, -0.05) is 42.0 Å². The molecule has 1 atom stereocenters. The molecule has 104 valence electrons. The van der Waals surface area contributed by atoms with Crippen LogP contribution in [0.2, 0.25) is 0 Å². The predicted octanol–water partition coefficient (Wildman–Crippen LogP) is 3.99. The molecule has 2 aromatic rings. The van der Waals surface area contributed by atoms with Gasteiger partial charge in [-0.3, -0.25) is 0 Å². The fourth-order valence-corrected chi connectivity index (χ4v) is 3.25. The van der Waals surface area contributed by atoms with E-state index in [1.54, 1.807) is 0 Å². The molecule has 2 aromatic carbocycles. The molecular weight excluding hydrogens is 244 g/mol. The van der Waals surface area contributed by atoms with Crippen LogP contribution in [0.5, 0.6) is 0 Å². The lowest BCUT2D eigenvalue weighted by atomic mass is 9.87. The normalized spacial score (nSPS) is 21.0. The van der Waals surface area contributed by atoms with Crippen LogP contribution in [0.25, 0.3) is 0 Å². The molecule has 0 spiro atoms. The maximum absolute atomic E-state index is 11.1. The second-order valence-corrected chi connectivity index (χ2v) is 6.29. The lowest BCUT2D eigenvalue weighted by molar-refractivity contribution is 0.0389. The van der Waals surface area contributed by atoms with Crippen molar-refractivity contribution in [2.24, 2.45) is 0 Å². The van der Waals surface area contributed by atoms with Crippen molar-refractivity contribution in [2.45, 2.75) is 45.6 Å². The van der Waals surface area contributed by atoms with Gasteiger partial charge in [0.1, 0.15) is 0 Å². The molecule has 0 heterocycles. The summed E-state index contributed by atoms with van der Waals surface area (Å²) >= 11 is 0. The van der Waals surface area contributed by atoms with Crippen molar-refractivity contribution in [3.05, 3.63) is 69.8 Å². The zero-order valence-electron chi connectivity index (χ0n) is 12.5. The van der Waals surface area contributed by atoms with E-state index in [-0.39, 0.29) is 0 Å².